The van der Waals surface area contributed by atoms with Crippen molar-refractivity contribution in [2.75, 3.05) is 38.4 Å². The van der Waals surface area contributed by atoms with Gasteiger partial charge < -0.3 is 23.4 Å². The van der Waals surface area contributed by atoms with Gasteiger partial charge in [0, 0.05) is 12.1 Å². The number of halogens is 1. The molecular weight excluding hydrogens is 490 g/mol. The number of methoxy groups -OCH3 is 1. The third-order valence-electron chi connectivity index (χ3n) is 6.33. The number of rotatable bonds is 8. The Labute approximate surface area is 211 Å². The standard InChI is InChI=1S/C26H24ClNO8/c1-32-25(30)15-11-17(12-15)33-9-10-34-22-13-16(28-7-8-35-26(28)31)5-6-19(22)23-14-21(29)18-3-2-4-20(27)24(18)36-23/h2-6,13-15,17H,7-12H2,1H3. The first-order valence-electron chi connectivity index (χ1n) is 11.6. The second kappa shape index (κ2) is 10.2. The summed E-state index contributed by atoms with van der Waals surface area (Å²) in [6.45, 7) is 1.22. The Morgan fingerprint density at radius 1 is 1.14 bits per heavy atom. The van der Waals surface area contributed by atoms with Crippen LogP contribution in [0.3, 0.4) is 0 Å². The number of hydrogen-bond donors (Lipinski definition) is 0. The lowest BCUT2D eigenvalue weighted by molar-refractivity contribution is -0.155. The van der Waals surface area contributed by atoms with Gasteiger partial charge in [0.1, 0.15) is 24.7 Å². The maximum absolute atomic E-state index is 12.7. The zero-order chi connectivity index (χ0) is 25.2. The lowest BCUT2D eigenvalue weighted by Crippen LogP contribution is -2.37. The molecule has 1 saturated carbocycles. The minimum Gasteiger partial charge on any atom is -0.490 e. The van der Waals surface area contributed by atoms with E-state index in [9.17, 15) is 14.4 Å². The molecule has 2 heterocycles. The van der Waals surface area contributed by atoms with E-state index in [1.54, 1.807) is 36.4 Å². The number of carbonyl (C=O) groups excluding carboxylic acids is 2. The van der Waals surface area contributed by atoms with Crippen molar-refractivity contribution in [3.05, 3.63) is 57.7 Å². The van der Waals surface area contributed by atoms with Gasteiger partial charge in [-0.05, 0) is 37.1 Å². The van der Waals surface area contributed by atoms with Crippen LogP contribution in [-0.2, 0) is 19.0 Å². The average Bonchev–Trinajstić information content (AvgIpc) is 3.28. The average molecular weight is 514 g/mol. The third kappa shape index (κ3) is 4.76. The predicted octanol–water partition coefficient (Wildman–Crippen LogP) is 4.42. The van der Waals surface area contributed by atoms with E-state index in [0.717, 1.165) is 0 Å². The van der Waals surface area contributed by atoms with E-state index in [4.69, 9.17) is 35.0 Å². The third-order valence-corrected chi connectivity index (χ3v) is 6.63. The Bertz CT molecular complexity index is 1360. The largest absolute Gasteiger partial charge is 0.490 e. The van der Waals surface area contributed by atoms with Crippen molar-refractivity contribution < 1.29 is 33.0 Å². The van der Waals surface area contributed by atoms with Crippen molar-refractivity contribution in [3.63, 3.8) is 0 Å². The second-order valence-electron chi connectivity index (χ2n) is 8.57. The quantitative estimate of drug-likeness (QED) is 0.322. The van der Waals surface area contributed by atoms with E-state index in [-0.39, 0.29) is 41.4 Å². The summed E-state index contributed by atoms with van der Waals surface area (Å²) in [7, 11) is 1.38. The van der Waals surface area contributed by atoms with Crippen LogP contribution in [0.2, 0.25) is 5.02 Å². The van der Waals surface area contributed by atoms with Gasteiger partial charge in [0.15, 0.2) is 11.0 Å². The number of fused-ring (bicyclic) bond motifs is 1. The van der Waals surface area contributed by atoms with Crippen molar-refractivity contribution >= 4 is 40.3 Å². The summed E-state index contributed by atoms with van der Waals surface area (Å²) < 4.78 is 27.6. The molecular formula is C26H24ClNO8. The van der Waals surface area contributed by atoms with Crippen molar-refractivity contribution in [1.82, 2.24) is 0 Å². The Kier molecular flexibility index (Phi) is 6.84. The first-order chi connectivity index (χ1) is 17.4. The molecule has 0 radical (unpaired) electrons. The predicted molar refractivity (Wildman–Crippen MR) is 132 cm³/mol. The van der Waals surface area contributed by atoms with Crippen LogP contribution >= 0.6 is 11.6 Å². The molecule has 2 aliphatic rings. The van der Waals surface area contributed by atoms with E-state index in [1.165, 1.54) is 18.1 Å². The smallest absolute Gasteiger partial charge is 0.414 e. The molecule has 1 aliphatic heterocycles. The van der Waals surface area contributed by atoms with Gasteiger partial charge in [-0.3, -0.25) is 14.5 Å². The van der Waals surface area contributed by atoms with Crippen LogP contribution in [-0.4, -0.2) is 51.6 Å². The number of esters is 1. The first kappa shape index (κ1) is 24.1. The van der Waals surface area contributed by atoms with Crippen molar-refractivity contribution in [1.29, 1.82) is 0 Å². The van der Waals surface area contributed by atoms with Gasteiger partial charge in [-0.25, -0.2) is 4.79 Å². The minimum atomic E-state index is -0.439. The maximum Gasteiger partial charge on any atom is 0.414 e. The molecule has 9 nitrogen and oxygen atoms in total. The minimum absolute atomic E-state index is 0.0245. The number of hydrogen-bond acceptors (Lipinski definition) is 8. The Morgan fingerprint density at radius 2 is 1.97 bits per heavy atom. The number of ether oxygens (including phenoxy) is 4. The Morgan fingerprint density at radius 3 is 2.72 bits per heavy atom. The molecule has 188 valence electrons. The molecule has 36 heavy (non-hydrogen) atoms. The van der Waals surface area contributed by atoms with Crippen LogP contribution < -0.4 is 15.1 Å². The SMILES string of the molecule is COC(=O)C1CC(OCCOc2cc(N3CCOC3=O)ccc2-c2cc(=O)c3cccc(Cl)c3o2)C1. The monoisotopic (exact) mass is 513 g/mol. The molecule has 2 fully saturated rings. The number of para-hydroxylation sites is 1. The normalized spacial score (nSPS) is 19.2. The van der Waals surface area contributed by atoms with Gasteiger partial charge >= 0.3 is 12.1 Å². The van der Waals surface area contributed by atoms with Crippen LogP contribution in [0.1, 0.15) is 12.8 Å². The molecule has 0 spiro atoms. The van der Waals surface area contributed by atoms with Gasteiger partial charge in [0.25, 0.3) is 0 Å². The van der Waals surface area contributed by atoms with Crippen molar-refractivity contribution in [2.45, 2.75) is 18.9 Å². The number of carbonyl (C=O) groups is 2. The molecule has 1 amide bonds. The highest BCUT2D eigenvalue weighted by molar-refractivity contribution is 6.34. The molecule has 1 aliphatic carbocycles. The summed E-state index contributed by atoms with van der Waals surface area (Å²) in [5, 5.41) is 0.703. The van der Waals surface area contributed by atoms with Crippen LogP contribution in [0.5, 0.6) is 5.75 Å². The van der Waals surface area contributed by atoms with E-state index >= 15 is 0 Å². The molecule has 0 bridgehead atoms. The van der Waals surface area contributed by atoms with Crippen molar-refractivity contribution in [2.24, 2.45) is 5.92 Å². The molecule has 1 saturated heterocycles. The van der Waals surface area contributed by atoms with Gasteiger partial charge in [0.2, 0.25) is 0 Å². The first-order valence-corrected chi connectivity index (χ1v) is 12.0. The number of benzene rings is 2. The fraction of sp³-hybridized carbons (Fsp3) is 0.346. The highest BCUT2D eigenvalue weighted by atomic mass is 35.5. The number of cyclic esters (lactones) is 1. The number of nitrogens with zero attached hydrogens (tertiary/aromatic N) is 1. The fourth-order valence-electron chi connectivity index (χ4n) is 4.33. The summed E-state index contributed by atoms with van der Waals surface area (Å²) in [4.78, 5) is 37.9. The molecule has 10 heteroatoms. The topological polar surface area (TPSA) is 105 Å². The summed E-state index contributed by atoms with van der Waals surface area (Å²) in [6.07, 6.45) is 0.774. The van der Waals surface area contributed by atoms with E-state index < -0.39 is 6.09 Å². The van der Waals surface area contributed by atoms with Crippen molar-refractivity contribution in [3.8, 4) is 17.1 Å². The van der Waals surface area contributed by atoms with E-state index in [0.29, 0.717) is 60.0 Å². The van der Waals surface area contributed by atoms with Crippen LogP contribution in [0.25, 0.3) is 22.3 Å². The number of amides is 1. The molecule has 0 unspecified atom stereocenters. The lowest BCUT2D eigenvalue weighted by Gasteiger charge is -2.32. The Hall–Kier alpha value is -3.56. The zero-order valence-electron chi connectivity index (χ0n) is 19.5. The van der Waals surface area contributed by atoms with Crippen LogP contribution in [0.15, 0.2) is 51.7 Å². The highest BCUT2D eigenvalue weighted by Crippen LogP contribution is 2.36. The second-order valence-corrected chi connectivity index (χ2v) is 8.98. The van der Waals surface area contributed by atoms with Gasteiger partial charge in [0.05, 0.1) is 53.9 Å². The van der Waals surface area contributed by atoms with Crippen LogP contribution in [0, 0.1) is 5.92 Å². The van der Waals surface area contributed by atoms with Crippen LogP contribution in [0.4, 0.5) is 10.5 Å². The molecule has 0 atom stereocenters. The number of anilines is 1. The van der Waals surface area contributed by atoms with Gasteiger partial charge in [-0.15, -0.1) is 0 Å². The van der Waals surface area contributed by atoms with E-state index in [1.807, 2.05) is 0 Å². The zero-order valence-corrected chi connectivity index (χ0v) is 20.3. The molecule has 3 aromatic rings. The van der Waals surface area contributed by atoms with E-state index in [2.05, 4.69) is 0 Å². The fourth-order valence-corrected chi connectivity index (χ4v) is 4.55. The molecule has 0 N–H and O–H groups in total. The summed E-state index contributed by atoms with van der Waals surface area (Å²) in [6, 6.07) is 11.6. The summed E-state index contributed by atoms with van der Waals surface area (Å²) in [5.41, 5.74) is 1.17. The summed E-state index contributed by atoms with van der Waals surface area (Å²) >= 11 is 6.28. The van der Waals surface area contributed by atoms with Gasteiger partial charge in [-0.1, -0.05) is 17.7 Å². The highest BCUT2D eigenvalue weighted by Gasteiger charge is 2.36. The Balaban J connectivity index is 1.37. The van der Waals surface area contributed by atoms with Gasteiger partial charge in [-0.2, -0.15) is 0 Å². The lowest BCUT2D eigenvalue weighted by atomic mass is 9.82. The maximum atomic E-state index is 12.7. The molecule has 1 aromatic heterocycles. The molecule has 2 aromatic carbocycles. The summed E-state index contributed by atoms with van der Waals surface area (Å²) in [5.74, 6) is 0.357. The molecule has 5 rings (SSSR count).